The van der Waals surface area contributed by atoms with Crippen LogP contribution >= 0.6 is 11.3 Å². The van der Waals surface area contributed by atoms with Crippen LogP contribution in [-0.2, 0) is 22.6 Å². The number of halogens is 2. The van der Waals surface area contributed by atoms with Crippen LogP contribution in [0.5, 0.6) is 0 Å². The van der Waals surface area contributed by atoms with Crippen molar-refractivity contribution in [2.75, 3.05) is 0 Å². The molecule has 1 saturated carbocycles. The second-order valence-corrected chi connectivity index (χ2v) is 9.38. The maximum atomic E-state index is 13.7. The molecule has 1 aliphatic carbocycles. The monoisotopic (exact) mass is 468 g/mol. The van der Waals surface area contributed by atoms with Gasteiger partial charge in [0.25, 0.3) is 0 Å². The largest absolute Gasteiger partial charge is 0.351 e. The fourth-order valence-corrected chi connectivity index (χ4v) is 4.94. The van der Waals surface area contributed by atoms with Gasteiger partial charge in [0, 0.05) is 17.5 Å². The lowest BCUT2D eigenvalue weighted by molar-refractivity contribution is -0.141. The standard InChI is InChI=1S/C26H26F2N2O2S/c27-20-11-7-18(8-12-20)17-30(24(31)16-23-6-3-15-33-23)25(19-9-13-21(28)14-10-19)26(32)29-22-4-1-2-5-22/h3,6-15,22,25H,1-2,4-5,16-17H2,(H,29,32). The molecular formula is C26H26F2N2O2S. The number of nitrogens with zero attached hydrogens (tertiary/aromatic N) is 1. The number of carbonyl (C=O) groups excluding carboxylic acids is 2. The highest BCUT2D eigenvalue weighted by Gasteiger charge is 2.33. The van der Waals surface area contributed by atoms with Crippen molar-refractivity contribution in [3.05, 3.63) is 93.7 Å². The molecule has 7 heteroatoms. The zero-order chi connectivity index (χ0) is 23.2. The summed E-state index contributed by atoms with van der Waals surface area (Å²) in [6, 6.07) is 14.5. The molecule has 0 spiro atoms. The highest BCUT2D eigenvalue weighted by atomic mass is 32.1. The van der Waals surface area contributed by atoms with Crippen molar-refractivity contribution >= 4 is 23.2 Å². The molecule has 0 bridgehead atoms. The first-order valence-electron chi connectivity index (χ1n) is 11.1. The summed E-state index contributed by atoms with van der Waals surface area (Å²) in [4.78, 5) is 29.4. The van der Waals surface area contributed by atoms with Crippen LogP contribution in [0, 0.1) is 11.6 Å². The minimum atomic E-state index is -0.927. The highest BCUT2D eigenvalue weighted by molar-refractivity contribution is 7.10. The van der Waals surface area contributed by atoms with E-state index in [1.807, 2.05) is 17.5 Å². The van der Waals surface area contributed by atoms with Crippen molar-refractivity contribution in [3.8, 4) is 0 Å². The van der Waals surface area contributed by atoms with Crippen LogP contribution in [0.2, 0.25) is 0 Å². The minimum absolute atomic E-state index is 0.0699. The normalized spacial score (nSPS) is 14.7. The van der Waals surface area contributed by atoms with Gasteiger partial charge >= 0.3 is 0 Å². The van der Waals surface area contributed by atoms with Gasteiger partial charge in [-0.2, -0.15) is 0 Å². The predicted molar refractivity (Wildman–Crippen MR) is 125 cm³/mol. The maximum absolute atomic E-state index is 13.7. The van der Waals surface area contributed by atoms with E-state index in [1.165, 1.54) is 40.5 Å². The molecule has 0 aliphatic heterocycles. The Labute approximate surface area is 196 Å². The zero-order valence-corrected chi connectivity index (χ0v) is 19.0. The first-order valence-corrected chi connectivity index (χ1v) is 12.0. The summed E-state index contributed by atoms with van der Waals surface area (Å²) in [6.45, 7) is 0.130. The number of benzene rings is 2. The summed E-state index contributed by atoms with van der Waals surface area (Å²) < 4.78 is 27.1. The number of amides is 2. The van der Waals surface area contributed by atoms with Gasteiger partial charge in [-0.15, -0.1) is 11.3 Å². The quantitative estimate of drug-likeness (QED) is 0.481. The van der Waals surface area contributed by atoms with Crippen molar-refractivity contribution in [2.24, 2.45) is 0 Å². The smallest absolute Gasteiger partial charge is 0.247 e. The highest BCUT2D eigenvalue weighted by Crippen LogP contribution is 2.27. The lowest BCUT2D eigenvalue weighted by Gasteiger charge is -2.32. The van der Waals surface area contributed by atoms with Crippen LogP contribution in [0.3, 0.4) is 0 Å². The molecule has 1 fully saturated rings. The summed E-state index contributed by atoms with van der Waals surface area (Å²) in [6.07, 6.45) is 4.07. The number of carbonyl (C=O) groups is 2. The van der Waals surface area contributed by atoms with E-state index in [0.717, 1.165) is 30.6 Å². The number of nitrogens with one attached hydrogen (secondary N) is 1. The first kappa shape index (κ1) is 23.1. The van der Waals surface area contributed by atoms with Gasteiger partial charge in [0.2, 0.25) is 11.8 Å². The number of thiophene rings is 1. The zero-order valence-electron chi connectivity index (χ0n) is 18.2. The SMILES string of the molecule is O=C(NC1CCCC1)C(c1ccc(F)cc1)N(Cc1ccc(F)cc1)C(=O)Cc1cccs1. The van der Waals surface area contributed by atoms with Crippen LogP contribution in [-0.4, -0.2) is 22.8 Å². The Morgan fingerprint density at radius 1 is 0.970 bits per heavy atom. The van der Waals surface area contributed by atoms with Gasteiger partial charge in [-0.25, -0.2) is 8.78 Å². The molecule has 172 valence electrons. The Morgan fingerprint density at radius 2 is 1.61 bits per heavy atom. The van der Waals surface area contributed by atoms with E-state index in [1.54, 1.807) is 24.3 Å². The van der Waals surface area contributed by atoms with Crippen LogP contribution in [0.15, 0.2) is 66.0 Å². The lowest BCUT2D eigenvalue weighted by Crippen LogP contribution is -2.46. The Morgan fingerprint density at radius 3 is 2.21 bits per heavy atom. The van der Waals surface area contributed by atoms with Crippen molar-refractivity contribution in [1.29, 1.82) is 0 Å². The van der Waals surface area contributed by atoms with Gasteiger partial charge in [-0.3, -0.25) is 9.59 Å². The lowest BCUT2D eigenvalue weighted by atomic mass is 10.0. The Kier molecular flexibility index (Phi) is 7.50. The van der Waals surface area contributed by atoms with Crippen molar-refractivity contribution in [1.82, 2.24) is 10.2 Å². The summed E-state index contributed by atoms with van der Waals surface area (Å²) in [7, 11) is 0. The van der Waals surface area contributed by atoms with Crippen LogP contribution in [0.4, 0.5) is 8.78 Å². The topological polar surface area (TPSA) is 49.4 Å². The Hall–Kier alpha value is -3.06. The third kappa shape index (κ3) is 6.05. The second kappa shape index (κ2) is 10.7. The summed E-state index contributed by atoms with van der Waals surface area (Å²) >= 11 is 1.47. The van der Waals surface area contributed by atoms with Crippen LogP contribution in [0.25, 0.3) is 0 Å². The summed E-state index contributed by atoms with van der Waals surface area (Å²) in [5, 5.41) is 5.00. The van der Waals surface area contributed by atoms with E-state index < -0.39 is 11.9 Å². The predicted octanol–water partition coefficient (Wildman–Crippen LogP) is 5.40. The van der Waals surface area contributed by atoms with Crippen molar-refractivity contribution in [2.45, 2.75) is 50.7 Å². The molecule has 4 nitrogen and oxygen atoms in total. The molecule has 1 aromatic heterocycles. The molecule has 1 N–H and O–H groups in total. The van der Waals surface area contributed by atoms with Gasteiger partial charge in [-0.1, -0.05) is 43.2 Å². The summed E-state index contributed by atoms with van der Waals surface area (Å²) in [5.41, 5.74) is 1.24. The molecule has 1 heterocycles. The number of rotatable bonds is 8. The fraction of sp³-hybridized carbons (Fsp3) is 0.308. The molecule has 0 saturated heterocycles. The molecule has 4 rings (SSSR count). The fourth-order valence-electron chi connectivity index (χ4n) is 4.24. The van der Waals surface area contributed by atoms with Crippen molar-refractivity contribution in [3.63, 3.8) is 0 Å². The molecule has 3 aromatic rings. The Bertz CT molecular complexity index is 1060. The first-order chi connectivity index (χ1) is 16.0. The van der Waals surface area contributed by atoms with E-state index in [-0.39, 0.29) is 36.6 Å². The van der Waals surface area contributed by atoms with E-state index in [2.05, 4.69) is 5.32 Å². The molecule has 0 radical (unpaired) electrons. The van der Waals surface area contributed by atoms with Gasteiger partial charge in [0.15, 0.2) is 0 Å². The van der Waals surface area contributed by atoms with E-state index in [0.29, 0.717) is 11.1 Å². The Balaban J connectivity index is 1.69. The van der Waals surface area contributed by atoms with Gasteiger partial charge in [0.1, 0.15) is 17.7 Å². The molecule has 1 unspecified atom stereocenters. The van der Waals surface area contributed by atoms with E-state index >= 15 is 0 Å². The van der Waals surface area contributed by atoms with Gasteiger partial charge in [-0.05, 0) is 59.7 Å². The molecular weight excluding hydrogens is 442 g/mol. The molecule has 2 aromatic carbocycles. The maximum Gasteiger partial charge on any atom is 0.247 e. The minimum Gasteiger partial charge on any atom is -0.351 e. The van der Waals surface area contributed by atoms with Gasteiger partial charge < -0.3 is 10.2 Å². The van der Waals surface area contributed by atoms with E-state index in [4.69, 9.17) is 0 Å². The average Bonchev–Trinajstić information content (AvgIpc) is 3.50. The molecule has 33 heavy (non-hydrogen) atoms. The second-order valence-electron chi connectivity index (χ2n) is 8.35. The number of hydrogen-bond donors (Lipinski definition) is 1. The molecule has 1 aliphatic rings. The van der Waals surface area contributed by atoms with Crippen LogP contribution < -0.4 is 5.32 Å². The van der Waals surface area contributed by atoms with E-state index in [9.17, 15) is 18.4 Å². The van der Waals surface area contributed by atoms with Crippen LogP contribution in [0.1, 0.15) is 47.7 Å². The molecule has 2 amide bonds. The van der Waals surface area contributed by atoms with Crippen molar-refractivity contribution < 1.29 is 18.4 Å². The van der Waals surface area contributed by atoms with Gasteiger partial charge in [0.05, 0.1) is 6.42 Å². The average molecular weight is 469 g/mol. The molecule has 1 atom stereocenters. The number of hydrogen-bond acceptors (Lipinski definition) is 3. The summed E-state index contributed by atoms with van der Waals surface area (Å²) in [5.74, 6) is -1.29. The third-order valence-corrected chi connectivity index (χ3v) is 6.82. The third-order valence-electron chi connectivity index (χ3n) is 5.94.